The molecule has 0 N–H and O–H groups in total. The molecule has 4 aliphatic carbocycles. The molecule has 6 heteroatoms. The Bertz CT molecular complexity index is 1310. The van der Waals surface area contributed by atoms with E-state index in [9.17, 15) is 14.4 Å². The summed E-state index contributed by atoms with van der Waals surface area (Å²) in [5, 5.41) is 0. The molecular formula is C35H41BrO5. The Balaban J connectivity index is 1.18. The molecule has 0 amide bonds. The van der Waals surface area contributed by atoms with E-state index < -0.39 is 4.32 Å². The Morgan fingerprint density at radius 1 is 0.854 bits per heavy atom. The molecule has 4 saturated carbocycles. The molecule has 0 aliphatic heterocycles. The number of rotatable bonds is 5. The van der Waals surface area contributed by atoms with Gasteiger partial charge in [-0.15, -0.1) is 0 Å². The average Bonchev–Trinajstić information content (AvgIpc) is 3.31. The lowest BCUT2D eigenvalue weighted by molar-refractivity contribution is -0.154. The quantitative estimate of drug-likeness (QED) is 0.252. The van der Waals surface area contributed by atoms with E-state index >= 15 is 0 Å². The molecule has 6 rings (SSSR count). The van der Waals surface area contributed by atoms with Crippen LogP contribution in [0.15, 0.2) is 60.7 Å². The predicted octanol–water partition coefficient (Wildman–Crippen LogP) is 7.81. The van der Waals surface area contributed by atoms with Crippen molar-refractivity contribution in [2.75, 3.05) is 0 Å². The third-order valence-corrected chi connectivity index (χ3v) is 13.6. The van der Waals surface area contributed by atoms with E-state index in [1.807, 2.05) is 43.3 Å². The van der Waals surface area contributed by atoms with Crippen LogP contribution in [0.5, 0.6) is 0 Å². The summed E-state index contributed by atoms with van der Waals surface area (Å²) in [6.45, 7) is 6.60. The van der Waals surface area contributed by atoms with Gasteiger partial charge in [0.2, 0.25) is 0 Å². The Morgan fingerprint density at radius 2 is 1.46 bits per heavy atom. The Morgan fingerprint density at radius 3 is 2.12 bits per heavy atom. The van der Waals surface area contributed by atoms with E-state index in [1.54, 1.807) is 24.3 Å². The minimum absolute atomic E-state index is 0.117. The predicted molar refractivity (Wildman–Crippen MR) is 161 cm³/mol. The van der Waals surface area contributed by atoms with Gasteiger partial charge in [-0.2, -0.15) is 0 Å². The van der Waals surface area contributed by atoms with Gasteiger partial charge in [-0.05, 0) is 105 Å². The topological polar surface area (TPSA) is 69.7 Å². The van der Waals surface area contributed by atoms with Gasteiger partial charge < -0.3 is 9.47 Å². The van der Waals surface area contributed by atoms with Gasteiger partial charge in [-0.1, -0.05) is 66.2 Å². The van der Waals surface area contributed by atoms with Crippen LogP contribution in [-0.4, -0.2) is 34.3 Å². The molecule has 0 radical (unpaired) electrons. The highest BCUT2D eigenvalue weighted by Gasteiger charge is 2.70. The number of hydrogen-bond acceptors (Lipinski definition) is 5. The first-order valence-electron chi connectivity index (χ1n) is 15.3. The van der Waals surface area contributed by atoms with Crippen LogP contribution in [0.2, 0.25) is 0 Å². The molecule has 0 aromatic heterocycles. The second-order valence-electron chi connectivity index (χ2n) is 13.6. The van der Waals surface area contributed by atoms with E-state index in [0.29, 0.717) is 35.2 Å². The summed E-state index contributed by atoms with van der Waals surface area (Å²) in [4.78, 5) is 40.0. The van der Waals surface area contributed by atoms with Crippen molar-refractivity contribution in [3.63, 3.8) is 0 Å². The third-order valence-electron chi connectivity index (χ3n) is 11.7. The number of alkyl halides is 1. The molecule has 41 heavy (non-hydrogen) atoms. The molecule has 0 spiro atoms. The van der Waals surface area contributed by atoms with Gasteiger partial charge in [0.25, 0.3) is 0 Å². The SMILES string of the molecule is C[C@@H](OC(=O)c1ccccc1)[C@H]1CC[C@H]2[C@@H]3CC[C@@H]4C[C@H](OC(=O)c5ccccc5)CC[C@]4(C)[C@@]3(Br)C(=O)C[C@]12C. The molecule has 9 atom stereocenters. The van der Waals surface area contributed by atoms with Crippen LogP contribution >= 0.6 is 15.9 Å². The van der Waals surface area contributed by atoms with Crippen LogP contribution in [0.1, 0.15) is 92.9 Å². The Kier molecular flexibility index (Phi) is 7.45. The molecule has 0 heterocycles. The number of carbonyl (C=O) groups is 3. The second kappa shape index (κ2) is 10.7. The number of fused-ring (bicyclic) bond motifs is 5. The highest BCUT2D eigenvalue weighted by atomic mass is 79.9. The number of benzene rings is 2. The monoisotopic (exact) mass is 620 g/mol. The number of ether oxygens (including phenoxy) is 2. The van der Waals surface area contributed by atoms with E-state index in [1.165, 1.54) is 0 Å². The fourth-order valence-electron chi connectivity index (χ4n) is 9.54. The summed E-state index contributed by atoms with van der Waals surface area (Å²) in [6.07, 6.45) is 6.62. The van der Waals surface area contributed by atoms with Crippen LogP contribution in [0, 0.1) is 34.5 Å². The molecule has 0 saturated heterocycles. The maximum Gasteiger partial charge on any atom is 0.338 e. The van der Waals surface area contributed by atoms with Crippen molar-refractivity contribution in [3.05, 3.63) is 71.8 Å². The van der Waals surface area contributed by atoms with E-state index in [0.717, 1.165) is 44.9 Å². The first-order chi connectivity index (χ1) is 19.6. The minimum atomic E-state index is -0.569. The molecule has 4 fully saturated rings. The molecule has 0 unspecified atom stereocenters. The van der Waals surface area contributed by atoms with E-state index in [4.69, 9.17) is 9.47 Å². The van der Waals surface area contributed by atoms with Crippen LogP contribution in [0.4, 0.5) is 0 Å². The zero-order chi connectivity index (χ0) is 29.0. The summed E-state index contributed by atoms with van der Waals surface area (Å²) >= 11 is 4.19. The van der Waals surface area contributed by atoms with E-state index in [-0.39, 0.29) is 46.8 Å². The summed E-state index contributed by atoms with van der Waals surface area (Å²) in [7, 11) is 0. The zero-order valence-corrected chi connectivity index (χ0v) is 25.9. The number of hydrogen-bond donors (Lipinski definition) is 0. The number of esters is 2. The van der Waals surface area contributed by atoms with Gasteiger partial charge in [0, 0.05) is 12.3 Å². The molecule has 4 aliphatic rings. The lowest BCUT2D eigenvalue weighted by Crippen LogP contribution is -2.67. The molecular weight excluding hydrogens is 580 g/mol. The van der Waals surface area contributed by atoms with Crippen molar-refractivity contribution in [1.82, 2.24) is 0 Å². The summed E-state index contributed by atoms with van der Waals surface area (Å²) in [5.41, 5.74) is 0.770. The molecule has 2 aromatic rings. The first-order valence-corrected chi connectivity index (χ1v) is 16.1. The number of carbonyl (C=O) groups excluding carboxylic acids is 3. The normalized spacial score (nSPS) is 38.6. The van der Waals surface area contributed by atoms with Gasteiger partial charge >= 0.3 is 11.9 Å². The van der Waals surface area contributed by atoms with Crippen molar-refractivity contribution in [2.45, 2.75) is 88.7 Å². The Labute approximate surface area is 251 Å². The highest BCUT2D eigenvalue weighted by molar-refractivity contribution is 9.10. The molecule has 0 bridgehead atoms. The highest BCUT2D eigenvalue weighted by Crippen LogP contribution is 2.71. The third kappa shape index (κ3) is 4.60. The minimum Gasteiger partial charge on any atom is -0.459 e. The standard InChI is InChI=1S/C35H41BrO5/c1-22(40-31(38)23-10-6-4-7-11-23)27-16-17-28-29-15-14-25-20-26(41-32(39)24-12-8-5-9-13-24)18-19-34(25,3)35(29,36)30(37)21-33(27,28)2/h4-13,22,25-29H,14-21H2,1-3H3/t22-,25-,26-,27-,28+,29+,33-,34+,35+/m1/s1. The van der Waals surface area contributed by atoms with Crippen LogP contribution in [0.25, 0.3) is 0 Å². The summed E-state index contributed by atoms with van der Waals surface area (Å²) in [5.74, 6) is 0.873. The molecule has 218 valence electrons. The van der Waals surface area contributed by atoms with Crippen molar-refractivity contribution >= 4 is 33.7 Å². The number of ketones is 1. The van der Waals surface area contributed by atoms with Gasteiger partial charge in [-0.25, -0.2) is 9.59 Å². The van der Waals surface area contributed by atoms with Gasteiger partial charge in [0.15, 0.2) is 5.78 Å². The molecule has 2 aromatic carbocycles. The fraction of sp³-hybridized carbons (Fsp3) is 0.571. The van der Waals surface area contributed by atoms with Crippen molar-refractivity contribution in [2.24, 2.45) is 34.5 Å². The average molecular weight is 622 g/mol. The van der Waals surface area contributed by atoms with Crippen LogP contribution < -0.4 is 0 Å². The largest absolute Gasteiger partial charge is 0.459 e. The van der Waals surface area contributed by atoms with Gasteiger partial charge in [-0.3, -0.25) is 4.79 Å². The van der Waals surface area contributed by atoms with Crippen LogP contribution in [-0.2, 0) is 14.3 Å². The number of halogens is 1. The van der Waals surface area contributed by atoms with Gasteiger partial charge in [0.05, 0.1) is 15.5 Å². The fourth-order valence-corrected chi connectivity index (χ4v) is 10.7. The first kappa shape index (κ1) is 28.6. The van der Waals surface area contributed by atoms with Crippen molar-refractivity contribution in [3.8, 4) is 0 Å². The maximum absolute atomic E-state index is 14.4. The molecule has 5 nitrogen and oxygen atoms in total. The smallest absolute Gasteiger partial charge is 0.338 e. The van der Waals surface area contributed by atoms with Gasteiger partial charge in [0.1, 0.15) is 12.2 Å². The lowest BCUT2D eigenvalue weighted by Gasteiger charge is -2.64. The van der Waals surface area contributed by atoms with Crippen molar-refractivity contribution in [1.29, 1.82) is 0 Å². The van der Waals surface area contributed by atoms with Crippen LogP contribution in [0.3, 0.4) is 0 Å². The maximum atomic E-state index is 14.4. The Hall–Kier alpha value is -2.47. The zero-order valence-electron chi connectivity index (χ0n) is 24.3. The number of Topliss-reactive ketones (excluding diaryl/α,β-unsaturated/α-hetero) is 1. The van der Waals surface area contributed by atoms with Crippen molar-refractivity contribution < 1.29 is 23.9 Å². The summed E-state index contributed by atoms with van der Waals surface area (Å²) in [6, 6.07) is 18.4. The lowest BCUT2D eigenvalue weighted by atomic mass is 9.44. The van der Waals surface area contributed by atoms with E-state index in [2.05, 4.69) is 29.8 Å². The summed E-state index contributed by atoms with van der Waals surface area (Å²) < 4.78 is 11.4. The second-order valence-corrected chi connectivity index (χ2v) is 14.8.